The first-order valence-corrected chi connectivity index (χ1v) is 7.78. The third-order valence-electron chi connectivity index (χ3n) is 3.96. The Kier molecular flexibility index (Phi) is 4.55. The fourth-order valence-corrected chi connectivity index (χ4v) is 2.53. The lowest BCUT2D eigenvalue weighted by atomic mass is 10.2. The number of rotatable bonds is 6. The van der Waals surface area contributed by atoms with E-state index in [1.54, 1.807) is 6.20 Å². The number of ether oxygens (including phenoxy) is 1. The predicted molar refractivity (Wildman–Crippen MR) is 81.8 cm³/mol. The molecule has 10 heteroatoms. The summed E-state index contributed by atoms with van der Waals surface area (Å²) in [6, 6.07) is 0.162. The summed E-state index contributed by atoms with van der Waals surface area (Å²) in [6.45, 7) is 1.75. The Morgan fingerprint density at radius 2 is 2.20 bits per heavy atom. The van der Waals surface area contributed by atoms with Gasteiger partial charge in [0.1, 0.15) is 12.8 Å². The van der Waals surface area contributed by atoms with Crippen LogP contribution in [0.3, 0.4) is 0 Å². The molecule has 1 atom stereocenters. The molecule has 2 heterocycles. The highest BCUT2D eigenvalue weighted by Crippen LogP contribution is 2.43. The molecule has 1 aliphatic carbocycles. The number of amides is 1. The number of nitrogens with one attached hydrogen (secondary N) is 1. The van der Waals surface area contributed by atoms with Crippen molar-refractivity contribution >= 4 is 11.6 Å². The third-order valence-corrected chi connectivity index (χ3v) is 3.96. The monoisotopic (exact) mass is 357 g/mol. The van der Waals surface area contributed by atoms with Gasteiger partial charge in [0.2, 0.25) is 5.91 Å². The Morgan fingerprint density at radius 3 is 2.80 bits per heavy atom. The van der Waals surface area contributed by atoms with Gasteiger partial charge in [0.05, 0.1) is 18.1 Å². The maximum absolute atomic E-state index is 13.0. The second kappa shape index (κ2) is 6.51. The molecule has 0 radical (unpaired) electrons. The molecule has 1 aliphatic rings. The predicted octanol–water partition coefficient (Wildman–Crippen LogP) is 2.78. The van der Waals surface area contributed by atoms with E-state index >= 15 is 0 Å². The van der Waals surface area contributed by atoms with Crippen LogP contribution >= 0.6 is 0 Å². The average Bonchev–Trinajstić information content (AvgIpc) is 3.12. The van der Waals surface area contributed by atoms with E-state index in [0.717, 1.165) is 18.9 Å². The van der Waals surface area contributed by atoms with Gasteiger partial charge in [0.25, 0.3) is 0 Å². The second-order valence-corrected chi connectivity index (χ2v) is 6.02. The largest absolute Gasteiger partial charge is 0.435 e. The van der Waals surface area contributed by atoms with E-state index in [4.69, 9.17) is 4.74 Å². The minimum absolute atomic E-state index is 0.0308. The van der Waals surface area contributed by atoms with E-state index in [-0.39, 0.29) is 12.6 Å². The molecular formula is C15H18F3N5O2. The van der Waals surface area contributed by atoms with Crippen LogP contribution in [0.15, 0.2) is 18.5 Å². The van der Waals surface area contributed by atoms with Crippen molar-refractivity contribution in [2.45, 2.75) is 44.6 Å². The van der Waals surface area contributed by atoms with Crippen LogP contribution in [0.1, 0.15) is 43.1 Å². The molecule has 1 saturated carbocycles. The van der Waals surface area contributed by atoms with Crippen molar-refractivity contribution in [2.75, 3.05) is 12.4 Å². The lowest BCUT2D eigenvalue weighted by molar-refractivity contribution is -0.141. The fraction of sp³-hybridized carbons (Fsp3) is 0.533. The van der Waals surface area contributed by atoms with Crippen molar-refractivity contribution < 1.29 is 22.7 Å². The number of hydrogen-bond donors (Lipinski definition) is 1. The minimum atomic E-state index is -4.54. The summed E-state index contributed by atoms with van der Waals surface area (Å²) in [5.41, 5.74) is -0.0860. The minimum Gasteiger partial charge on any atom is -0.362 e. The lowest BCUT2D eigenvalue weighted by Crippen LogP contribution is -2.26. The van der Waals surface area contributed by atoms with Crippen LogP contribution in [-0.4, -0.2) is 32.6 Å². The Bertz CT molecular complexity index is 764. The Labute approximate surface area is 141 Å². The summed E-state index contributed by atoms with van der Waals surface area (Å²) < 4.78 is 46.4. The zero-order valence-electron chi connectivity index (χ0n) is 13.7. The summed E-state index contributed by atoms with van der Waals surface area (Å²) in [5, 5.41) is 10.3. The summed E-state index contributed by atoms with van der Waals surface area (Å²) in [6.07, 6.45) is 0.0877. The molecule has 1 unspecified atom stereocenters. The number of methoxy groups -OCH3 is 1. The highest BCUT2D eigenvalue weighted by atomic mass is 19.4. The molecule has 1 amide bonds. The number of halogens is 3. The maximum Gasteiger partial charge on any atom is 0.435 e. The van der Waals surface area contributed by atoms with E-state index in [9.17, 15) is 18.0 Å². The summed E-state index contributed by atoms with van der Waals surface area (Å²) in [5.74, 6) is -0.431. The number of hydrogen-bond acceptors (Lipinski definition) is 4. The molecule has 136 valence electrons. The number of carbonyl (C=O) groups excluding carboxylic acids is 1. The molecular weight excluding hydrogens is 339 g/mol. The number of carbonyl (C=O) groups is 1. The van der Waals surface area contributed by atoms with Crippen LogP contribution in [0.25, 0.3) is 0 Å². The van der Waals surface area contributed by atoms with Crippen molar-refractivity contribution in [1.82, 2.24) is 19.6 Å². The number of aromatic nitrogens is 4. The van der Waals surface area contributed by atoms with Crippen molar-refractivity contribution in [2.24, 2.45) is 0 Å². The molecule has 2 aromatic rings. The standard InChI is InChI=1S/C15H18F3N5O2/c1-9(14(24)20-11-6-19-22(7-11)8-25-2)23-12(10-3-4-10)5-13(21-23)15(16,17)18/h5-7,9-10H,3-4,8H2,1-2H3,(H,20,24). The number of nitrogens with zero attached hydrogens (tertiary/aromatic N) is 4. The van der Waals surface area contributed by atoms with E-state index in [2.05, 4.69) is 15.5 Å². The van der Waals surface area contributed by atoms with Gasteiger partial charge >= 0.3 is 6.18 Å². The molecule has 0 spiro atoms. The number of alkyl halides is 3. The van der Waals surface area contributed by atoms with Gasteiger partial charge in [-0.25, -0.2) is 4.68 Å². The first kappa shape index (κ1) is 17.5. The maximum atomic E-state index is 13.0. The van der Waals surface area contributed by atoms with Crippen molar-refractivity contribution in [1.29, 1.82) is 0 Å². The van der Waals surface area contributed by atoms with Crippen LogP contribution < -0.4 is 5.32 Å². The molecule has 0 aliphatic heterocycles. The molecule has 7 nitrogen and oxygen atoms in total. The second-order valence-electron chi connectivity index (χ2n) is 6.02. The topological polar surface area (TPSA) is 74.0 Å². The Hall–Kier alpha value is -2.36. The molecule has 0 bridgehead atoms. The quantitative estimate of drug-likeness (QED) is 0.863. The van der Waals surface area contributed by atoms with Gasteiger partial charge in [0, 0.05) is 18.7 Å². The SMILES string of the molecule is COCn1cc(NC(=O)C(C)n2nc(C(F)(F)F)cc2C2CC2)cn1. The fourth-order valence-electron chi connectivity index (χ4n) is 2.53. The Morgan fingerprint density at radius 1 is 1.48 bits per heavy atom. The van der Waals surface area contributed by atoms with Gasteiger partial charge in [0.15, 0.2) is 5.69 Å². The van der Waals surface area contributed by atoms with Crippen LogP contribution in [0.4, 0.5) is 18.9 Å². The van der Waals surface area contributed by atoms with Gasteiger partial charge in [-0.2, -0.15) is 23.4 Å². The van der Waals surface area contributed by atoms with Gasteiger partial charge in [-0.1, -0.05) is 0 Å². The normalized spacial score (nSPS) is 16.0. The number of anilines is 1. The lowest BCUT2D eigenvalue weighted by Gasteiger charge is -2.15. The van der Waals surface area contributed by atoms with Crippen molar-refractivity contribution in [3.05, 3.63) is 29.8 Å². The summed E-state index contributed by atoms with van der Waals surface area (Å²) in [7, 11) is 1.51. The van der Waals surface area contributed by atoms with Crippen LogP contribution in [0.2, 0.25) is 0 Å². The van der Waals surface area contributed by atoms with Crippen LogP contribution in [0.5, 0.6) is 0 Å². The summed E-state index contributed by atoms with van der Waals surface area (Å²) >= 11 is 0. The molecule has 1 fully saturated rings. The first-order valence-electron chi connectivity index (χ1n) is 7.78. The molecule has 0 aromatic carbocycles. The molecule has 1 N–H and O–H groups in total. The average molecular weight is 357 g/mol. The summed E-state index contributed by atoms with van der Waals surface area (Å²) in [4.78, 5) is 12.4. The molecule has 2 aromatic heterocycles. The smallest absolute Gasteiger partial charge is 0.362 e. The Balaban J connectivity index is 1.78. The van der Waals surface area contributed by atoms with E-state index in [0.29, 0.717) is 11.4 Å². The van der Waals surface area contributed by atoms with Gasteiger partial charge in [-0.15, -0.1) is 0 Å². The zero-order chi connectivity index (χ0) is 18.2. The first-order chi connectivity index (χ1) is 11.8. The van der Waals surface area contributed by atoms with E-state index in [1.165, 1.54) is 29.6 Å². The van der Waals surface area contributed by atoms with E-state index in [1.807, 2.05) is 0 Å². The molecule has 3 rings (SSSR count). The highest BCUT2D eigenvalue weighted by Gasteiger charge is 2.39. The van der Waals surface area contributed by atoms with Gasteiger partial charge in [-0.3, -0.25) is 9.48 Å². The molecule has 25 heavy (non-hydrogen) atoms. The van der Waals surface area contributed by atoms with Crippen LogP contribution in [0, 0.1) is 0 Å². The van der Waals surface area contributed by atoms with Gasteiger partial charge < -0.3 is 10.1 Å². The van der Waals surface area contributed by atoms with Gasteiger partial charge in [-0.05, 0) is 25.8 Å². The molecule has 0 saturated heterocycles. The van der Waals surface area contributed by atoms with Crippen molar-refractivity contribution in [3.63, 3.8) is 0 Å². The zero-order valence-corrected chi connectivity index (χ0v) is 13.7. The van der Waals surface area contributed by atoms with Crippen molar-refractivity contribution in [3.8, 4) is 0 Å². The third kappa shape index (κ3) is 3.84. The van der Waals surface area contributed by atoms with Crippen LogP contribution in [-0.2, 0) is 22.4 Å². The van der Waals surface area contributed by atoms with E-state index < -0.39 is 23.8 Å². The highest BCUT2D eigenvalue weighted by molar-refractivity contribution is 5.93.